The minimum absolute atomic E-state index is 0.0499. The maximum Gasteiger partial charge on any atom is 0.232 e. The molecule has 0 bridgehead atoms. The van der Waals surface area contributed by atoms with Gasteiger partial charge in [-0.3, -0.25) is 9.78 Å². The van der Waals surface area contributed by atoms with E-state index in [1.807, 2.05) is 23.1 Å². The van der Waals surface area contributed by atoms with Crippen LogP contribution in [0.15, 0.2) is 36.8 Å². The van der Waals surface area contributed by atoms with Crippen LogP contribution < -0.4 is 14.2 Å². The van der Waals surface area contributed by atoms with Crippen LogP contribution in [0.25, 0.3) is 0 Å². The lowest BCUT2D eigenvalue weighted by Gasteiger charge is -2.32. The van der Waals surface area contributed by atoms with Crippen molar-refractivity contribution >= 4 is 5.91 Å². The molecule has 7 heteroatoms. The molecule has 2 aliphatic rings. The van der Waals surface area contributed by atoms with E-state index in [4.69, 9.17) is 14.2 Å². The number of nitrogens with zero attached hydrogens (tertiary/aromatic N) is 3. The van der Waals surface area contributed by atoms with E-state index in [-0.39, 0.29) is 18.8 Å². The maximum atomic E-state index is 12.6. The third kappa shape index (κ3) is 3.65. The first-order valence-corrected chi connectivity index (χ1v) is 8.37. The third-order valence-corrected chi connectivity index (χ3v) is 4.35. The molecule has 0 aliphatic carbocycles. The van der Waals surface area contributed by atoms with Gasteiger partial charge in [-0.05, 0) is 30.5 Å². The molecule has 130 valence electrons. The monoisotopic (exact) mass is 341 g/mol. The van der Waals surface area contributed by atoms with E-state index in [1.165, 1.54) is 0 Å². The highest BCUT2D eigenvalue weighted by Crippen LogP contribution is 2.32. The van der Waals surface area contributed by atoms with E-state index >= 15 is 0 Å². The van der Waals surface area contributed by atoms with E-state index in [9.17, 15) is 4.79 Å². The average molecular weight is 341 g/mol. The van der Waals surface area contributed by atoms with Gasteiger partial charge in [-0.1, -0.05) is 6.07 Å². The molecule has 1 atom stereocenters. The summed E-state index contributed by atoms with van der Waals surface area (Å²) in [6.45, 7) is 1.56. The van der Waals surface area contributed by atoms with Gasteiger partial charge < -0.3 is 19.1 Å². The van der Waals surface area contributed by atoms with E-state index in [0.29, 0.717) is 24.6 Å². The number of hydrogen-bond acceptors (Lipinski definition) is 6. The Balaban J connectivity index is 1.36. The van der Waals surface area contributed by atoms with Crippen LogP contribution in [0.2, 0.25) is 0 Å². The zero-order valence-corrected chi connectivity index (χ0v) is 13.8. The Morgan fingerprint density at radius 2 is 2.20 bits per heavy atom. The second-order valence-corrected chi connectivity index (χ2v) is 6.13. The largest absolute Gasteiger partial charge is 0.471 e. The number of carbonyl (C=O) groups is 1. The second-order valence-electron chi connectivity index (χ2n) is 6.13. The quantitative estimate of drug-likeness (QED) is 0.844. The lowest BCUT2D eigenvalue weighted by atomic mass is 10.1. The van der Waals surface area contributed by atoms with Crippen LogP contribution in [0.1, 0.15) is 18.4 Å². The van der Waals surface area contributed by atoms with Crippen molar-refractivity contribution in [3.8, 4) is 17.4 Å². The number of likely N-dealkylation sites (tertiary alicyclic amines) is 1. The molecule has 1 amide bonds. The zero-order chi connectivity index (χ0) is 17.1. The summed E-state index contributed by atoms with van der Waals surface area (Å²) in [6, 6.07) is 5.63. The molecule has 7 nitrogen and oxygen atoms in total. The van der Waals surface area contributed by atoms with Crippen molar-refractivity contribution < 1.29 is 19.0 Å². The fourth-order valence-electron chi connectivity index (χ4n) is 3.12. The maximum absolute atomic E-state index is 12.6. The number of rotatable bonds is 4. The van der Waals surface area contributed by atoms with Crippen molar-refractivity contribution in [2.75, 3.05) is 19.9 Å². The van der Waals surface area contributed by atoms with E-state index < -0.39 is 0 Å². The van der Waals surface area contributed by atoms with Gasteiger partial charge in [-0.2, -0.15) is 0 Å². The number of aromatic nitrogens is 2. The number of fused-ring (bicyclic) bond motifs is 1. The van der Waals surface area contributed by atoms with Crippen LogP contribution in [-0.2, 0) is 11.2 Å². The van der Waals surface area contributed by atoms with Crippen molar-refractivity contribution in [1.29, 1.82) is 0 Å². The van der Waals surface area contributed by atoms with Gasteiger partial charge >= 0.3 is 0 Å². The molecule has 1 aromatic carbocycles. The summed E-state index contributed by atoms with van der Waals surface area (Å²) in [6.07, 6.45) is 6.91. The molecule has 3 heterocycles. The number of ether oxygens (including phenoxy) is 3. The molecule has 1 fully saturated rings. The summed E-state index contributed by atoms with van der Waals surface area (Å²) in [7, 11) is 0. The predicted octanol–water partition coefficient (Wildman–Crippen LogP) is 1.82. The molecular formula is C18H19N3O4. The number of hydrogen-bond donors (Lipinski definition) is 0. The molecule has 2 aromatic rings. The SMILES string of the molecule is O=C(Cc1ccc2c(c1)OCO2)N1CCC[C@@H](Oc2cnccn2)C1. The standard InChI is InChI=1S/C18H19N3O4/c22-18(9-13-3-4-15-16(8-13)24-12-23-15)21-7-1-2-14(11-21)25-17-10-19-5-6-20-17/h3-6,8,10,14H,1-2,7,9,11-12H2/t14-/m1/s1. The normalized spacial score (nSPS) is 18.9. The Labute approximate surface area is 145 Å². The van der Waals surface area contributed by atoms with Crippen LogP contribution in [0.3, 0.4) is 0 Å². The van der Waals surface area contributed by atoms with Crippen LogP contribution in [-0.4, -0.2) is 46.8 Å². The van der Waals surface area contributed by atoms with E-state index in [1.54, 1.807) is 18.6 Å². The summed E-state index contributed by atoms with van der Waals surface area (Å²) in [4.78, 5) is 22.6. The van der Waals surface area contributed by atoms with Crippen molar-refractivity contribution in [3.63, 3.8) is 0 Å². The number of piperidine rings is 1. The summed E-state index contributed by atoms with van der Waals surface area (Å²) < 4.78 is 16.5. The minimum atomic E-state index is -0.0499. The molecule has 0 saturated carbocycles. The minimum Gasteiger partial charge on any atom is -0.471 e. The second kappa shape index (κ2) is 6.96. The Kier molecular flexibility index (Phi) is 4.37. The van der Waals surface area contributed by atoms with Crippen LogP contribution >= 0.6 is 0 Å². The predicted molar refractivity (Wildman–Crippen MR) is 88.5 cm³/mol. The van der Waals surface area contributed by atoms with Crippen molar-refractivity contribution in [2.24, 2.45) is 0 Å². The van der Waals surface area contributed by atoms with Gasteiger partial charge in [0.25, 0.3) is 0 Å². The number of carbonyl (C=O) groups excluding carboxylic acids is 1. The Morgan fingerprint density at radius 3 is 3.08 bits per heavy atom. The smallest absolute Gasteiger partial charge is 0.232 e. The Morgan fingerprint density at radius 1 is 1.28 bits per heavy atom. The van der Waals surface area contributed by atoms with Crippen molar-refractivity contribution in [1.82, 2.24) is 14.9 Å². The van der Waals surface area contributed by atoms with Crippen molar-refractivity contribution in [3.05, 3.63) is 42.4 Å². The van der Waals surface area contributed by atoms with Gasteiger partial charge in [0.15, 0.2) is 11.5 Å². The molecule has 2 aliphatic heterocycles. The van der Waals surface area contributed by atoms with Gasteiger partial charge in [0.2, 0.25) is 18.6 Å². The first-order valence-electron chi connectivity index (χ1n) is 8.37. The van der Waals surface area contributed by atoms with E-state index in [0.717, 1.165) is 30.7 Å². The molecule has 25 heavy (non-hydrogen) atoms. The zero-order valence-electron chi connectivity index (χ0n) is 13.8. The van der Waals surface area contributed by atoms with Gasteiger partial charge in [-0.25, -0.2) is 4.98 Å². The number of benzene rings is 1. The van der Waals surface area contributed by atoms with Gasteiger partial charge in [0.1, 0.15) is 6.10 Å². The van der Waals surface area contributed by atoms with Crippen LogP contribution in [0.4, 0.5) is 0 Å². The first kappa shape index (κ1) is 15.7. The average Bonchev–Trinajstić information content (AvgIpc) is 3.10. The lowest BCUT2D eigenvalue weighted by molar-refractivity contribution is -0.133. The molecular weight excluding hydrogens is 322 g/mol. The Hall–Kier alpha value is -2.83. The molecule has 0 unspecified atom stereocenters. The fourth-order valence-corrected chi connectivity index (χ4v) is 3.12. The topological polar surface area (TPSA) is 73.8 Å². The van der Waals surface area contributed by atoms with Gasteiger partial charge in [0.05, 0.1) is 19.2 Å². The fraction of sp³-hybridized carbons (Fsp3) is 0.389. The summed E-state index contributed by atoms with van der Waals surface area (Å²) in [5.74, 6) is 2.02. The highest BCUT2D eigenvalue weighted by Gasteiger charge is 2.25. The molecule has 0 radical (unpaired) electrons. The molecule has 0 spiro atoms. The number of amides is 1. The third-order valence-electron chi connectivity index (χ3n) is 4.35. The van der Waals surface area contributed by atoms with Gasteiger partial charge in [0, 0.05) is 18.9 Å². The first-order chi connectivity index (χ1) is 12.3. The summed E-state index contributed by atoms with van der Waals surface area (Å²) >= 11 is 0. The summed E-state index contributed by atoms with van der Waals surface area (Å²) in [5.41, 5.74) is 0.922. The van der Waals surface area contributed by atoms with Gasteiger partial charge in [-0.15, -0.1) is 0 Å². The molecule has 4 rings (SSSR count). The lowest BCUT2D eigenvalue weighted by Crippen LogP contribution is -2.45. The highest BCUT2D eigenvalue weighted by atomic mass is 16.7. The van der Waals surface area contributed by atoms with Crippen LogP contribution in [0, 0.1) is 0 Å². The summed E-state index contributed by atoms with van der Waals surface area (Å²) in [5, 5.41) is 0. The molecule has 0 N–H and O–H groups in total. The molecule has 1 saturated heterocycles. The Bertz CT molecular complexity index is 753. The highest BCUT2D eigenvalue weighted by molar-refractivity contribution is 5.79. The van der Waals surface area contributed by atoms with Crippen molar-refractivity contribution in [2.45, 2.75) is 25.4 Å². The van der Waals surface area contributed by atoms with E-state index in [2.05, 4.69) is 9.97 Å². The van der Waals surface area contributed by atoms with Crippen LogP contribution in [0.5, 0.6) is 17.4 Å². The molecule has 1 aromatic heterocycles.